The monoisotopic (exact) mass is 331 g/mol. The van der Waals surface area contributed by atoms with E-state index in [1.807, 2.05) is 17.9 Å². The van der Waals surface area contributed by atoms with Crippen molar-refractivity contribution in [2.75, 3.05) is 6.54 Å². The number of rotatable bonds is 6. The molecule has 0 bridgehead atoms. The van der Waals surface area contributed by atoms with Crippen LogP contribution in [0.2, 0.25) is 0 Å². The van der Waals surface area contributed by atoms with Crippen LogP contribution in [0.15, 0.2) is 18.6 Å². The molecule has 1 saturated heterocycles. The zero-order valence-corrected chi connectivity index (χ0v) is 15.2. The van der Waals surface area contributed by atoms with Gasteiger partial charge >= 0.3 is 0 Å². The Hall–Kier alpha value is -1.66. The highest BCUT2D eigenvalue weighted by molar-refractivity contribution is 5.16. The van der Waals surface area contributed by atoms with Crippen molar-refractivity contribution < 1.29 is 5.11 Å². The van der Waals surface area contributed by atoms with Gasteiger partial charge in [-0.2, -0.15) is 10.2 Å². The van der Waals surface area contributed by atoms with E-state index in [9.17, 15) is 5.11 Å². The molecule has 24 heavy (non-hydrogen) atoms. The fourth-order valence-electron chi connectivity index (χ4n) is 3.53. The minimum Gasteiger partial charge on any atom is -0.388 e. The molecule has 1 aliphatic rings. The minimum atomic E-state index is -0.441. The summed E-state index contributed by atoms with van der Waals surface area (Å²) in [5.41, 5.74) is 3.32. The molecule has 1 N–H and O–H groups in total. The van der Waals surface area contributed by atoms with Crippen LogP contribution in [-0.4, -0.2) is 42.2 Å². The molecular formula is C18H29N5O. The van der Waals surface area contributed by atoms with Crippen LogP contribution in [0.5, 0.6) is 0 Å². The van der Waals surface area contributed by atoms with Gasteiger partial charge in [0.05, 0.1) is 18.0 Å². The molecule has 2 atom stereocenters. The van der Waals surface area contributed by atoms with Crippen molar-refractivity contribution in [2.24, 2.45) is 7.05 Å². The number of likely N-dealkylation sites (tertiary alicyclic amines) is 1. The highest BCUT2D eigenvalue weighted by atomic mass is 16.3. The van der Waals surface area contributed by atoms with E-state index in [4.69, 9.17) is 0 Å². The quantitative estimate of drug-likeness (QED) is 0.884. The zero-order valence-electron chi connectivity index (χ0n) is 15.2. The van der Waals surface area contributed by atoms with Crippen LogP contribution in [0.3, 0.4) is 0 Å². The molecule has 0 radical (unpaired) electrons. The molecule has 1 aliphatic heterocycles. The Morgan fingerprint density at radius 2 is 2.12 bits per heavy atom. The maximum atomic E-state index is 10.5. The van der Waals surface area contributed by atoms with Crippen LogP contribution in [0, 0.1) is 6.92 Å². The average Bonchev–Trinajstić information content (AvgIpc) is 3.22. The molecule has 0 aliphatic carbocycles. The second-order valence-electron chi connectivity index (χ2n) is 7.28. The molecule has 2 unspecified atom stereocenters. The highest BCUT2D eigenvalue weighted by Crippen LogP contribution is 2.29. The number of hydrogen-bond donors (Lipinski definition) is 1. The second-order valence-corrected chi connectivity index (χ2v) is 7.28. The van der Waals surface area contributed by atoms with Crippen molar-refractivity contribution in [1.82, 2.24) is 24.5 Å². The van der Waals surface area contributed by atoms with E-state index in [-0.39, 0.29) is 0 Å². The Morgan fingerprint density at radius 3 is 2.75 bits per heavy atom. The van der Waals surface area contributed by atoms with E-state index in [0.717, 1.165) is 37.2 Å². The van der Waals surface area contributed by atoms with Crippen LogP contribution >= 0.6 is 0 Å². The predicted molar refractivity (Wildman–Crippen MR) is 93.6 cm³/mol. The van der Waals surface area contributed by atoms with Crippen molar-refractivity contribution >= 4 is 0 Å². The number of hydrogen-bond acceptors (Lipinski definition) is 4. The lowest BCUT2D eigenvalue weighted by Gasteiger charge is -2.26. The summed E-state index contributed by atoms with van der Waals surface area (Å²) in [5, 5.41) is 19.3. The number of aromatic nitrogens is 4. The normalized spacial score (nSPS) is 20.2. The lowest BCUT2D eigenvalue weighted by molar-refractivity contribution is 0.118. The van der Waals surface area contributed by atoms with E-state index in [1.54, 1.807) is 10.9 Å². The van der Waals surface area contributed by atoms with Crippen molar-refractivity contribution in [3.05, 3.63) is 35.4 Å². The van der Waals surface area contributed by atoms with E-state index in [0.29, 0.717) is 12.1 Å². The van der Waals surface area contributed by atoms with Crippen LogP contribution in [0.4, 0.5) is 0 Å². The predicted octanol–water partition coefficient (Wildman–Crippen LogP) is 2.59. The molecule has 6 nitrogen and oxygen atoms in total. The fraction of sp³-hybridized carbons (Fsp3) is 0.667. The van der Waals surface area contributed by atoms with Crippen LogP contribution in [0.25, 0.3) is 0 Å². The molecule has 0 spiro atoms. The molecule has 132 valence electrons. The van der Waals surface area contributed by atoms with Gasteiger partial charge in [-0.05, 0) is 46.6 Å². The number of aryl methyl sites for hydroxylation is 2. The fourth-order valence-corrected chi connectivity index (χ4v) is 3.53. The number of aliphatic hydroxyl groups is 1. The zero-order chi connectivity index (χ0) is 17.3. The smallest absolute Gasteiger partial charge is 0.0835 e. The molecule has 0 aromatic carbocycles. The maximum Gasteiger partial charge on any atom is 0.0835 e. The van der Waals surface area contributed by atoms with Crippen LogP contribution in [-0.2, 0) is 13.6 Å². The third kappa shape index (κ3) is 3.70. The lowest BCUT2D eigenvalue weighted by Crippen LogP contribution is -2.30. The third-order valence-electron chi connectivity index (χ3n) is 5.02. The first-order valence-corrected chi connectivity index (χ1v) is 8.89. The minimum absolute atomic E-state index is 0.388. The molecular weight excluding hydrogens is 302 g/mol. The molecule has 2 aromatic rings. The molecule has 0 amide bonds. The lowest BCUT2D eigenvalue weighted by atomic mass is 10.0. The molecule has 2 aromatic heterocycles. The molecule has 3 heterocycles. The molecule has 3 rings (SSSR count). The second kappa shape index (κ2) is 7.07. The molecule has 6 heteroatoms. The van der Waals surface area contributed by atoms with Crippen LogP contribution in [0.1, 0.15) is 62.1 Å². The number of nitrogens with zero attached hydrogens (tertiary/aromatic N) is 5. The van der Waals surface area contributed by atoms with E-state index in [2.05, 4.69) is 42.1 Å². The van der Waals surface area contributed by atoms with E-state index >= 15 is 0 Å². The van der Waals surface area contributed by atoms with Gasteiger partial charge < -0.3 is 5.11 Å². The van der Waals surface area contributed by atoms with Gasteiger partial charge in [-0.15, -0.1) is 0 Å². The van der Waals surface area contributed by atoms with Crippen molar-refractivity contribution in [3.8, 4) is 0 Å². The van der Waals surface area contributed by atoms with Gasteiger partial charge in [-0.1, -0.05) is 0 Å². The van der Waals surface area contributed by atoms with Gasteiger partial charge in [0.25, 0.3) is 0 Å². The highest BCUT2D eigenvalue weighted by Gasteiger charge is 2.28. The first-order chi connectivity index (χ1) is 11.4. The van der Waals surface area contributed by atoms with Crippen molar-refractivity contribution in [1.29, 1.82) is 0 Å². The summed E-state index contributed by atoms with van der Waals surface area (Å²) < 4.78 is 3.79. The van der Waals surface area contributed by atoms with Gasteiger partial charge in [-0.3, -0.25) is 14.3 Å². The Bertz CT molecular complexity index is 675. The largest absolute Gasteiger partial charge is 0.388 e. The summed E-state index contributed by atoms with van der Waals surface area (Å²) >= 11 is 0. The first-order valence-electron chi connectivity index (χ1n) is 8.89. The van der Waals surface area contributed by atoms with E-state index in [1.165, 1.54) is 12.0 Å². The van der Waals surface area contributed by atoms with Gasteiger partial charge in [0.1, 0.15) is 0 Å². The van der Waals surface area contributed by atoms with Gasteiger partial charge in [0.2, 0.25) is 0 Å². The maximum absolute atomic E-state index is 10.5. The topological polar surface area (TPSA) is 59.1 Å². The summed E-state index contributed by atoms with van der Waals surface area (Å²) in [5.74, 6) is 0. The Kier molecular flexibility index (Phi) is 5.06. The van der Waals surface area contributed by atoms with Crippen molar-refractivity contribution in [2.45, 2.75) is 64.8 Å². The summed E-state index contributed by atoms with van der Waals surface area (Å²) in [6.07, 6.45) is 8.51. The standard InChI is InChI=1S/C18H29N5O/c1-13(2)23-12-16(14(3)20-23)11-22-7-5-6-17(22)8-18(24)15-9-19-21(4)10-15/h9-10,12-13,17-18,24H,5-8,11H2,1-4H3. The first kappa shape index (κ1) is 17.2. The van der Waals surface area contributed by atoms with Gasteiger partial charge in [-0.25, -0.2) is 0 Å². The summed E-state index contributed by atoms with van der Waals surface area (Å²) in [4.78, 5) is 2.49. The van der Waals surface area contributed by atoms with Gasteiger partial charge in [0, 0.05) is 49.2 Å². The Balaban J connectivity index is 1.65. The Labute approximate surface area is 144 Å². The average molecular weight is 331 g/mol. The third-order valence-corrected chi connectivity index (χ3v) is 5.02. The summed E-state index contributed by atoms with van der Waals surface area (Å²) in [6, 6.07) is 0.807. The Morgan fingerprint density at radius 1 is 1.33 bits per heavy atom. The summed E-state index contributed by atoms with van der Waals surface area (Å²) in [6.45, 7) is 8.40. The van der Waals surface area contributed by atoms with E-state index < -0.39 is 6.10 Å². The SMILES string of the molecule is Cc1nn(C(C)C)cc1CN1CCCC1CC(O)c1cnn(C)c1. The molecule has 0 saturated carbocycles. The number of aliphatic hydroxyl groups excluding tert-OH is 1. The van der Waals surface area contributed by atoms with Crippen LogP contribution < -0.4 is 0 Å². The van der Waals surface area contributed by atoms with Gasteiger partial charge in [0.15, 0.2) is 0 Å². The summed E-state index contributed by atoms with van der Waals surface area (Å²) in [7, 11) is 1.88. The van der Waals surface area contributed by atoms with Crippen molar-refractivity contribution in [3.63, 3.8) is 0 Å². The molecule has 1 fully saturated rings.